The van der Waals surface area contributed by atoms with Gasteiger partial charge in [-0.15, -0.1) is 0 Å². The van der Waals surface area contributed by atoms with Crippen LogP contribution in [0.25, 0.3) is 0 Å². The van der Waals surface area contributed by atoms with E-state index in [0.717, 1.165) is 51.6 Å². The Balaban J connectivity index is 1.36. The lowest BCUT2D eigenvalue weighted by Crippen LogP contribution is -2.47. The van der Waals surface area contributed by atoms with Crippen molar-refractivity contribution < 1.29 is 18.0 Å². The van der Waals surface area contributed by atoms with Crippen LogP contribution in [0.5, 0.6) is 0 Å². The largest absolute Gasteiger partial charge is 0.416 e. The summed E-state index contributed by atoms with van der Waals surface area (Å²) < 4.78 is 38.7. The second-order valence-electron chi connectivity index (χ2n) is 7.80. The van der Waals surface area contributed by atoms with Crippen LogP contribution in [0, 0.1) is 5.92 Å². The van der Waals surface area contributed by atoms with Gasteiger partial charge in [-0.2, -0.15) is 13.2 Å². The van der Waals surface area contributed by atoms with E-state index in [-0.39, 0.29) is 6.03 Å². The van der Waals surface area contributed by atoms with E-state index in [1.54, 1.807) is 6.07 Å². The summed E-state index contributed by atoms with van der Waals surface area (Å²) in [6.07, 6.45) is -2.36. The molecule has 8 heteroatoms. The SMILES string of the molecule is CC1CCN(C(=O)NCCCN2CCN(c3cccc(C(F)(F)F)c3)CC2)C1. The van der Waals surface area contributed by atoms with Crippen LogP contribution in [0.4, 0.5) is 23.7 Å². The predicted molar refractivity (Wildman–Crippen MR) is 103 cm³/mol. The maximum Gasteiger partial charge on any atom is 0.416 e. The van der Waals surface area contributed by atoms with Crippen LogP contribution < -0.4 is 10.2 Å². The van der Waals surface area contributed by atoms with E-state index in [0.29, 0.717) is 31.2 Å². The monoisotopic (exact) mass is 398 g/mol. The van der Waals surface area contributed by atoms with Crippen LogP contribution in [0.3, 0.4) is 0 Å². The molecule has 1 unspecified atom stereocenters. The zero-order valence-corrected chi connectivity index (χ0v) is 16.3. The zero-order chi connectivity index (χ0) is 20.1. The van der Waals surface area contributed by atoms with Gasteiger partial charge in [0.15, 0.2) is 0 Å². The minimum atomic E-state index is -4.31. The second kappa shape index (κ2) is 9.03. The number of halogens is 3. The molecule has 156 valence electrons. The number of alkyl halides is 3. The summed E-state index contributed by atoms with van der Waals surface area (Å²) in [6, 6.07) is 5.56. The van der Waals surface area contributed by atoms with Gasteiger partial charge in [-0.25, -0.2) is 4.79 Å². The van der Waals surface area contributed by atoms with Crippen molar-refractivity contribution in [3.8, 4) is 0 Å². The zero-order valence-electron chi connectivity index (χ0n) is 16.3. The molecule has 2 saturated heterocycles. The van der Waals surface area contributed by atoms with Crippen molar-refractivity contribution in [3.63, 3.8) is 0 Å². The predicted octanol–water partition coefficient (Wildman–Crippen LogP) is 3.27. The molecule has 2 amide bonds. The highest BCUT2D eigenvalue weighted by Gasteiger charge is 2.31. The van der Waals surface area contributed by atoms with Crippen LogP contribution in [0.1, 0.15) is 25.3 Å². The summed E-state index contributed by atoms with van der Waals surface area (Å²) in [4.78, 5) is 18.2. The molecule has 0 bridgehead atoms. The van der Waals surface area contributed by atoms with E-state index >= 15 is 0 Å². The number of amides is 2. The molecule has 5 nitrogen and oxygen atoms in total. The molecule has 0 aliphatic carbocycles. The Bertz CT molecular complexity index is 659. The Kier molecular flexibility index (Phi) is 6.69. The average Bonchev–Trinajstić information content (AvgIpc) is 3.11. The number of piperazine rings is 1. The molecule has 3 rings (SSSR count). The highest BCUT2D eigenvalue weighted by Crippen LogP contribution is 2.31. The van der Waals surface area contributed by atoms with Gasteiger partial charge in [-0.3, -0.25) is 4.90 Å². The lowest BCUT2D eigenvalue weighted by Gasteiger charge is -2.36. The second-order valence-corrected chi connectivity index (χ2v) is 7.80. The molecule has 0 saturated carbocycles. The molecule has 28 heavy (non-hydrogen) atoms. The minimum Gasteiger partial charge on any atom is -0.369 e. The third-order valence-corrected chi connectivity index (χ3v) is 5.55. The molecule has 0 aromatic heterocycles. The number of anilines is 1. The van der Waals surface area contributed by atoms with Crippen LogP contribution in [0.2, 0.25) is 0 Å². The van der Waals surface area contributed by atoms with E-state index in [9.17, 15) is 18.0 Å². The molecule has 2 heterocycles. The van der Waals surface area contributed by atoms with Crippen molar-refractivity contribution in [2.75, 3.05) is 57.3 Å². The maximum absolute atomic E-state index is 12.9. The van der Waals surface area contributed by atoms with Gasteiger partial charge < -0.3 is 15.1 Å². The Labute approximate surface area is 164 Å². The number of nitrogens with zero attached hydrogens (tertiary/aromatic N) is 3. The molecular weight excluding hydrogens is 369 g/mol. The van der Waals surface area contributed by atoms with Gasteiger partial charge >= 0.3 is 12.2 Å². The summed E-state index contributed by atoms with van der Waals surface area (Å²) in [5.41, 5.74) is 0.0251. The fraction of sp³-hybridized carbons (Fsp3) is 0.650. The normalized spacial score (nSPS) is 21.2. The first kappa shape index (κ1) is 20.8. The maximum atomic E-state index is 12.9. The van der Waals surface area contributed by atoms with Crippen molar-refractivity contribution in [3.05, 3.63) is 29.8 Å². The smallest absolute Gasteiger partial charge is 0.369 e. The molecule has 1 aromatic rings. The topological polar surface area (TPSA) is 38.8 Å². The van der Waals surface area contributed by atoms with Crippen molar-refractivity contribution in [1.29, 1.82) is 0 Å². The molecule has 2 aliphatic rings. The quantitative estimate of drug-likeness (QED) is 0.774. The van der Waals surface area contributed by atoms with E-state index in [4.69, 9.17) is 0 Å². The van der Waals surface area contributed by atoms with E-state index < -0.39 is 11.7 Å². The number of rotatable bonds is 5. The van der Waals surface area contributed by atoms with Crippen LogP contribution in [-0.4, -0.2) is 68.2 Å². The number of hydrogen-bond acceptors (Lipinski definition) is 3. The Morgan fingerprint density at radius 2 is 1.93 bits per heavy atom. The number of carbonyl (C=O) groups excluding carboxylic acids is 1. The van der Waals surface area contributed by atoms with Crippen molar-refractivity contribution in [2.45, 2.75) is 25.9 Å². The van der Waals surface area contributed by atoms with E-state index in [1.165, 1.54) is 12.1 Å². The van der Waals surface area contributed by atoms with Gasteiger partial charge in [-0.1, -0.05) is 13.0 Å². The molecule has 1 N–H and O–H groups in total. The van der Waals surface area contributed by atoms with Crippen molar-refractivity contribution in [1.82, 2.24) is 15.1 Å². The summed E-state index contributed by atoms with van der Waals surface area (Å²) in [5.74, 6) is 0.582. The molecule has 0 spiro atoms. The highest BCUT2D eigenvalue weighted by atomic mass is 19.4. The summed E-state index contributed by atoms with van der Waals surface area (Å²) in [5, 5.41) is 2.98. The molecule has 2 fully saturated rings. The van der Waals surface area contributed by atoms with Crippen LogP contribution in [-0.2, 0) is 6.18 Å². The fourth-order valence-electron chi connectivity index (χ4n) is 3.84. The number of hydrogen-bond donors (Lipinski definition) is 1. The van der Waals surface area contributed by atoms with E-state index in [1.807, 2.05) is 9.80 Å². The lowest BCUT2D eigenvalue weighted by atomic mass is 10.1. The van der Waals surface area contributed by atoms with Crippen molar-refractivity contribution in [2.24, 2.45) is 5.92 Å². The first-order chi connectivity index (χ1) is 13.3. The van der Waals surface area contributed by atoms with Crippen LogP contribution >= 0.6 is 0 Å². The van der Waals surface area contributed by atoms with Gasteiger partial charge in [0, 0.05) is 51.5 Å². The summed E-state index contributed by atoms with van der Waals surface area (Å²) in [6.45, 7) is 8.41. The van der Waals surface area contributed by atoms with E-state index in [2.05, 4.69) is 17.1 Å². The summed E-state index contributed by atoms with van der Waals surface area (Å²) >= 11 is 0. The molecule has 1 aromatic carbocycles. The third-order valence-electron chi connectivity index (χ3n) is 5.55. The highest BCUT2D eigenvalue weighted by molar-refractivity contribution is 5.74. The van der Waals surface area contributed by atoms with Crippen molar-refractivity contribution >= 4 is 11.7 Å². The molecule has 2 aliphatic heterocycles. The first-order valence-electron chi connectivity index (χ1n) is 10.0. The summed E-state index contributed by atoms with van der Waals surface area (Å²) in [7, 11) is 0. The number of nitrogens with one attached hydrogen (secondary N) is 1. The van der Waals surface area contributed by atoms with Gasteiger partial charge in [0.2, 0.25) is 0 Å². The third kappa shape index (κ3) is 5.53. The van der Waals surface area contributed by atoms with Gasteiger partial charge in [0.1, 0.15) is 0 Å². The Morgan fingerprint density at radius 3 is 2.57 bits per heavy atom. The van der Waals surface area contributed by atoms with Crippen LogP contribution in [0.15, 0.2) is 24.3 Å². The Hall–Kier alpha value is -1.96. The number of likely N-dealkylation sites (tertiary alicyclic amines) is 1. The number of benzene rings is 1. The average molecular weight is 398 g/mol. The van der Waals surface area contributed by atoms with Gasteiger partial charge in [0.25, 0.3) is 0 Å². The van der Waals surface area contributed by atoms with Gasteiger partial charge in [-0.05, 0) is 43.5 Å². The number of carbonyl (C=O) groups is 1. The molecular formula is C20H29F3N4O. The Morgan fingerprint density at radius 1 is 1.18 bits per heavy atom. The number of urea groups is 1. The lowest BCUT2D eigenvalue weighted by molar-refractivity contribution is -0.137. The standard InChI is InChI=1S/C20H29F3N4O/c1-16-6-9-27(15-16)19(28)24-7-3-8-25-10-12-26(13-11-25)18-5-2-4-17(14-18)20(21,22)23/h2,4-5,14,16H,3,6-13,15H2,1H3,(H,24,28). The van der Waals surface area contributed by atoms with Gasteiger partial charge in [0.05, 0.1) is 5.56 Å². The molecule has 1 atom stereocenters. The fourth-order valence-corrected chi connectivity index (χ4v) is 3.84. The minimum absolute atomic E-state index is 0.0266. The first-order valence-corrected chi connectivity index (χ1v) is 10.0. The molecule has 0 radical (unpaired) electrons.